The van der Waals surface area contributed by atoms with Crippen molar-refractivity contribution in [2.45, 2.75) is 18.9 Å². The number of rotatable bonds is 4. The predicted molar refractivity (Wildman–Crippen MR) is 85.5 cm³/mol. The Morgan fingerprint density at radius 3 is 2.76 bits per heavy atom. The van der Waals surface area contributed by atoms with E-state index in [9.17, 15) is 0 Å². The Labute approximate surface area is 125 Å². The molecule has 2 heterocycles. The van der Waals surface area contributed by atoms with Crippen LogP contribution in [0.25, 0.3) is 5.69 Å². The summed E-state index contributed by atoms with van der Waals surface area (Å²) < 4.78 is 1.90. The second-order valence-corrected chi connectivity index (χ2v) is 5.37. The third kappa shape index (κ3) is 3.26. The van der Waals surface area contributed by atoms with E-state index in [2.05, 4.69) is 39.4 Å². The monoisotopic (exact) mass is 280 g/mol. The summed E-state index contributed by atoms with van der Waals surface area (Å²) >= 11 is 0. The topological polar surface area (TPSA) is 33.1 Å². The molecule has 0 radical (unpaired) electrons. The van der Waals surface area contributed by atoms with Gasteiger partial charge in [-0.1, -0.05) is 18.1 Å². The second kappa shape index (κ2) is 6.47. The van der Waals surface area contributed by atoms with Gasteiger partial charge in [-0.05, 0) is 31.0 Å². The van der Waals surface area contributed by atoms with Crippen LogP contribution in [-0.4, -0.2) is 40.4 Å². The van der Waals surface area contributed by atoms with Gasteiger partial charge in [0.25, 0.3) is 0 Å². The zero-order valence-electron chi connectivity index (χ0n) is 12.1. The molecule has 4 heteroatoms. The molecule has 21 heavy (non-hydrogen) atoms. The maximum Gasteiger partial charge on any atom is 0.0876 e. The Balaban J connectivity index is 1.68. The molecule has 0 unspecified atom stereocenters. The third-order valence-corrected chi connectivity index (χ3v) is 3.92. The van der Waals surface area contributed by atoms with Crippen molar-refractivity contribution < 1.29 is 0 Å². The molecule has 0 bridgehead atoms. The van der Waals surface area contributed by atoms with Crippen LogP contribution in [0.1, 0.15) is 12.8 Å². The number of anilines is 1. The quantitative estimate of drug-likeness (QED) is 0.873. The normalized spacial score (nSPS) is 16.5. The van der Waals surface area contributed by atoms with E-state index in [0.29, 0.717) is 6.04 Å². The van der Waals surface area contributed by atoms with Gasteiger partial charge in [0.15, 0.2) is 0 Å². The first kappa shape index (κ1) is 13.7. The lowest BCUT2D eigenvalue weighted by molar-refractivity contribution is 0.243. The molecule has 1 N–H and O–H groups in total. The van der Waals surface area contributed by atoms with Crippen LogP contribution in [0.3, 0.4) is 0 Å². The molecule has 3 rings (SSSR count). The molecule has 0 amide bonds. The van der Waals surface area contributed by atoms with Crippen molar-refractivity contribution in [1.29, 1.82) is 0 Å². The minimum absolute atomic E-state index is 0.496. The fourth-order valence-electron chi connectivity index (χ4n) is 2.79. The van der Waals surface area contributed by atoms with Crippen LogP contribution in [-0.2, 0) is 0 Å². The zero-order valence-corrected chi connectivity index (χ0v) is 12.1. The number of nitrogens with one attached hydrogen (secondary N) is 1. The van der Waals surface area contributed by atoms with Crippen molar-refractivity contribution in [2.75, 3.05) is 25.0 Å². The standard InChI is InChI=1S/C17H20N4/c1-2-11-20-13-8-15(9-14-20)19-16-6-3-4-7-17(16)21-12-5-10-18-21/h1,3-7,10,12,15,19H,8-9,11,13-14H2. The highest BCUT2D eigenvalue weighted by Crippen LogP contribution is 2.22. The van der Waals surface area contributed by atoms with Gasteiger partial charge in [0.1, 0.15) is 0 Å². The van der Waals surface area contributed by atoms with Crippen molar-refractivity contribution >= 4 is 5.69 Å². The molecule has 1 fully saturated rings. The third-order valence-electron chi connectivity index (χ3n) is 3.92. The number of para-hydroxylation sites is 2. The van der Waals surface area contributed by atoms with Crippen LogP contribution < -0.4 is 5.32 Å². The van der Waals surface area contributed by atoms with E-state index in [4.69, 9.17) is 6.42 Å². The Morgan fingerprint density at radius 1 is 1.24 bits per heavy atom. The summed E-state index contributed by atoms with van der Waals surface area (Å²) in [5.74, 6) is 2.72. The highest BCUT2D eigenvalue weighted by molar-refractivity contribution is 5.61. The number of likely N-dealkylation sites (tertiary alicyclic amines) is 1. The molecule has 0 spiro atoms. The summed E-state index contributed by atoms with van der Waals surface area (Å²) in [6.45, 7) is 2.88. The van der Waals surface area contributed by atoms with E-state index in [-0.39, 0.29) is 0 Å². The van der Waals surface area contributed by atoms with Gasteiger partial charge in [-0.3, -0.25) is 4.90 Å². The largest absolute Gasteiger partial charge is 0.380 e. The van der Waals surface area contributed by atoms with Gasteiger partial charge in [0.2, 0.25) is 0 Å². The fraction of sp³-hybridized carbons (Fsp3) is 0.353. The average Bonchev–Trinajstić information content (AvgIpc) is 3.04. The lowest BCUT2D eigenvalue weighted by Crippen LogP contribution is -2.39. The number of aromatic nitrogens is 2. The molecule has 0 aliphatic carbocycles. The number of hydrogen-bond donors (Lipinski definition) is 1. The van der Waals surface area contributed by atoms with Gasteiger partial charge in [-0.25, -0.2) is 4.68 Å². The van der Waals surface area contributed by atoms with E-state index >= 15 is 0 Å². The van der Waals surface area contributed by atoms with Crippen molar-refractivity contribution in [3.63, 3.8) is 0 Å². The van der Waals surface area contributed by atoms with E-state index in [1.807, 2.05) is 23.0 Å². The van der Waals surface area contributed by atoms with Crippen LogP contribution >= 0.6 is 0 Å². The minimum atomic E-state index is 0.496. The van der Waals surface area contributed by atoms with Gasteiger partial charge < -0.3 is 5.32 Å². The lowest BCUT2D eigenvalue weighted by atomic mass is 10.0. The summed E-state index contributed by atoms with van der Waals surface area (Å²) in [4.78, 5) is 2.33. The van der Waals surface area contributed by atoms with E-state index in [0.717, 1.165) is 43.9 Å². The van der Waals surface area contributed by atoms with E-state index in [1.165, 1.54) is 0 Å². The summed E-state index contributed by atoms with van der Waals surface area (Å²) in [7, 11) is 0. The Kier molecular flexibility index (Phi) is 4.23. The molecule has 108 valence electrons. The zero-order chi connectivity index (χ0) is 14.5. The van der Waals surface area contributed by atoms with E-state index in [1.54, 1.807) is 6.20 Å². The molecule has 2 aromatic rings. The summed E-state index contributed by atoms with van der Waals surface area (Å²) in [6.07, 6.45) is 11.4. The average molecular weight is 280 g/mol. The van der Waals surface area contributed by atoms with Gasteiger partial charge in [-0.2, -0.15) is 5.10 Å². The molecule has 0 atom stereocenters. The number of nitrogens with zero attached hydrogens (tertiary/aromatic N) is 3. The van der Waals surface area contributed by atoms with Crippen molar-refractivity contribution in [3.8, 4) is 18.0 Å². The molecule has 1 aromatic heterocycles. The van der Waals surface area contributed by atoms with E-state index < -0.39 is 0 Å². The molecule has 1 saturated heterocycles. The maximum atomic E-state index is 5.37. The SMILES string of the molecule is C#CCN1CCC(Nc2ccccc2-n2cccn2)CC1. The molecule has 4 nitrogen and oxygen atoms in total. The molecular formula is C17H20N4. The minimum Gasteiger partial charge on any atom is -0.380 e. The van der Waals surface area contributed by atoms with Crippen LogP contribution in [0, 0.1) is 12.3 Å². The fourth-order valence-corrected chi connectivity index (χ4v) is 2.79. The number of piperidine rings is 1. The number of terminal acetylenes is 1. The smallest absolute Gasteiger partial charge is 0.0876 e. The maximum absolute atomic E-state index is 5.37. The molecule has 1 aliphatic heterocycles. The summed E-state index contributed by atoms with van der Waals surface area (Å²) in [5, 5.41) is 7.98. The lowest BCUT2D eigenvalue weighted by Gasteiger charge is -2.32. The van der Waals surface area contributed by atoms with Crippen molar-refractivity contribution in [3.05, 3.63) is 42.7 Å². The van der Waals surface area contributed by atoms with Gasteiger partial charge >= 0.3 is 0 Å². The van der Waals surface area contributed by atoms with Crippen LogP contribution in [0.4, 0.5) is 5.69 Å². The summed E-state index contributed by atoms with van der Waals surface area (Å²) in [6, 6.07) is 10.7. The van der Waals surface area contributed by atoms with Gasteiger partial charge in [0.05, 0.1) is 17.9 Å². The first-order chi connectivity index (χ1) is 10.4. The van der Waals surface area contributed by atoms with Crippen LogP contribution in [0.5, 0.6) is 0 Å². The Bertz CT molecular complexity index is 604. The summed E-state index contributed by atoms with van der Waals surface area (Å²) in [5.41, 5.74) is 2.23. The molecule has 1 aliphatic rings. The van der Waals surface area contributed by atoms with Crippen molar-refractivity contribution in [2.24, 2.45) is 0 Å². The highest BCUT2D eigenvalue weighted by atomic mass is 15.3. The predicted octanol–water partition coefficient (Wildman–Crippen LogP) is 2.38. The number of benzene rings is 1. The van der Waals surface area contributed by atoms with Gasteiger partial charge in [0, 0.05) is 31.5 Å². The van der Waals surface area contributed by atoms with Crippen LogP contribution in [0.2, 0.25) is 0 Å². The molecule has 1 aromatic carbocycles. The number of hydrogen-bond acceptors (Lipinski definition) is 3. The molecular weight excluding hydrogens is 260 g/mol. The first-order valence-electron chi connectivity index (χ1n) is 7.38. The van der Waals surface area contributed by atoms with Crippen LogP contribution in [0.15, 0.2) is 42.7 Å². The second-order valence-electron chi connectivity index (χ2n) is 5.37. The Hall–Kier alpha value is -2.25. The van der Waals surface area contributed by atoms with Crippen molar-refractivity contribution in [1.82, 2.24) is 14.7 Å². The Morgan fingerprint density at radius 2 is 2.05 bits per heavy atom. The van der Waals surface area contributed by atoms with Gasteiger partial charge in [-0.15, -0.1) is 6.42 Å². The molecule has 0 saturated carbocycles. The highest BCUT2D eigenvalue weighted by Gasteiger charge is 2.19. The first-order valence-corrected chi connectivity index (χ1v) is 7.38.